The van der Waals surface area contributed by atoms with E-state index in [1.54, 1.807) is 0 Å². The summed E-state index contributed by atoms with van der Waals surface area (Å²) in [6.07, 6.45) is 17.2. The van der Waals surface area contributed by atoms with E-state index in [0.717, 1.165) is 36.5 Å². The number of nitrogens with zero attached hydrogens (tertiary/aromatic N) is 1. The van der Waals surface area contributed by atoms with Gasteiger partial charge in [-0.2, -0.15) is 0 Å². The Morgan fingerprint density at radius 1 is 0.971 bits per heavy atom. The fourth-order valence-electron chi connectivity index (χ4n) is 9.53. The Kier molecular flexibility index (Phi) is 9.06. The molecule has 0 bridgehead atoms. The molecule has 7 atom stereocenters. The van der Waals surface area contributed by atoms with Crippen molar-refractivity contribution in [2.75, 3.05) is 0 Å². The van der Waals surface area contributed by atoms with Gasteiger partial charge in [0.1, 0.15) is 0 Å². The predicted molar refractivity (Wildman–Crippen MR) is 147 cm³/mol. The fourth-order valence-corrected chi connectivity index (χ4v) is 9.53. The van der Waals surface area contributed by atoms with Crippen LogP contribution in [0, 0.1) is 40.4 Å². The highest BCUT2D eigenvalue weighted by atomic mass is 16.2. The Bertz CT molecular complexity index is 715. The van der Waals surface area contributed by atoms with E-state index < -0.39 is 0 Å². The topological polar surface area (TPSA) is 20.3 Å². The summed E-state index contributed by atoms with van der Waals surface area (Å²) in [5, 5.41) is 0. The second-order valence-electron chi connectivity index (χ2n) is 13.2. The molecule has 0 heterocycles. The van der Waals surface area contributed by atoms with Crippen molar-refractivity contribution in [2.24, 2.45) is 40.4 Å². The summed E-state index contributed by atoms with van der Waals surface area (Å²) in [5.41, 5.74) is 2.83. The van der Waals surface area contributed by atoms with Crippen molar-refractivity contribution < 1.29 is 4.79 Å². The van der Waals surface area contributed by atoms with E-state index in [9.17, 15) is 4.79 Å². The zero-order valence-electron chi connectivity index (χ0n) is 24.3. The molecular formula is C32H57NO. The van der Waals surface area contributed by atoms with Crippen LogP contribution >= 0.6 is 0 Å². The maximum atomic E-state index is 13.0. The van der Waals surface area contributed by atoms with Gasteiger partial charge in [0.2, 0.25) is 5.91 Å². The highest BCUT2D eigenvalue weighted by Crippen LogP contribution is 2.67. The highest BCUT2D eigenvalue weighted by Gasteiger charge is 2.58. The van der Waals surface area contributed by atoms with Crippen LogP contribution in [0.4, 0.5) is 0 Å². The first-order chi connectivity index (χ1) is 16.1. The maximum Gasteiger partial charge on any atom is 0.223 e. The molecule has 0 saturated heterocycles. The lowest BCUT2D eigenvalue weighted by Gasteiger charge is -2.58. The van der Waals surface area contributed by atoms with Gasteiger partial charge in [0.05, 0.1) is 0 Å². The van der Waals surface area contributed by atoms with Crippen molar-refractivity contribution in [1.29, 1.82) is 0 Å². The largest absolute Gasteiger partial charge is 0.338 e. The van der Waals surface area contributed by atoms with Crippen LogP contribution in [-0.4, -0.2) is 22.9 Å². The van der Waals surface area contributed by atoms with Gasteiger partial charge in [0.25, 0.3) is 0 Å². The quantitative estimate of drug-likeness (QED) is 0.354. The van der Waals surface area contributed by atoms with Gasteiger partial charge in [-0.05, 0) is 126 Å². The van der Waals surface area contributed by atoms with Crippen LogP contribution in [0.3, 0.4) is 0 Å². The van der Waals surface area contributed by atoms with Crippen molar-refractivity contribution in [3.63, 3.8) is 0 Å². The lowest BCUT2D eigenvalue weighted by Crippen LogP contribution is -2.50. The van der Waals surface area contributed by atoms with Crippen LogP contribution in [0.2, 0.25) is 0 Å². The lowest BCUT2D eigenvalue weighted by molar-refractivity contribution is -0.135. The number of rotatable bonds is 6. The third-order valence-corrected chi connectivity index (χ3v) is 11.0. The van der Waals surface area contributed by atoms with E-state index in [1.165, 1.54) is 57.8 Å². The van der Waals surface area contributed by atoms with Crippen LogP contribution in [0.15, 0.2) is 11.6 Å². The smallest absolute Gasteiger partial charge is 0.223 e. The summed E-state index contributed by atoms with van der Waals surface area (Å²) in [6.45, 7) is 20.4. The summed E-state index contributed by atoms with van der Waals surface area (Å²) in [5.74, 6) is 4.58. The molecule has 4 aliphatic rings. The second kappa shape index (κ2) is 11.1. The van der Waals surface area contributed by atoms with E-state index in [2.05, 4.69) is 59.4 Å². The number of hydrogen-bond donors (Lipinski definition) is 0. The Hall–Kier alpha value is -0.790. The van der Waals surface area contributed by atoms with Crippen molar-refractivity contribution in [2.45, 2.75) is 145 Å². The van der Waals surface area contributed by atoms with E-state index in [1.807, 2.05) is 19.4 Å². The lowest BCUT2D eigenvalue weighted by atomic mass is 9.47. The second-order valence-corrected chi connectivity index (χ2v) is 13.2. The zero-order valence-corrected chi connectivity index (χ0v) is 24.3. The number of hydrogen-bond acceptors (Lipinski definition) is 1. The predicted octanol–water partition coefficient (Wildman–Crippen LogP) is 9.04. The first-order valence-corrected chi connectivity index (χ1v) is 15.1. The van der Waals surface area contributed by atoms with E-state index >= 15 is 0 Å². The number of allylic oxidation sites excluding steroid dienone is 2. The molecule has 0 aromatic carbocycles. The Labute approximate surface area is 212 Å². The average Bonchev–Trinajstić information content (AvgIpc) is 3.15. The Morgan fingerprint density at radius 2 is 1.65 bits per heavy atom. The molecule has 0 radical (unpaired) electrons. The number of carbonyl (C=O) groups excluding carboxylic acids is 1. The van der Waals surface area contributed by atoms with Crippen LogP contribution in [-0.2, 0) is 4.79 Å². The molecule has 34 heavy (non-hydrogen) atoms. The molecule has 2 heteroatoms. The fraction of sp³-hybridized carbons (Fsp3) is 0.906. The van der Waals surface area contributed by atoms with E-state index in [-0.39, 0.29) is 0 Å². The monoisotopic (exact) mass is 471 g/mol. The molecule has 0 aliphatic heterocycles. The Morgan fingerprint density at radius 3 is 2.29 bits per heavy atom. The van der Waals surface area contributed by atoms with Gasteiger partial charge in [0, 0.05) is 18.5 Å². The van der Waals surface area contributed by atoms with Gasteiger partial charge < -0.3 is 4.90 Å². The van der Waals surface area contributed by atoms with Crippen LogP contribution < -0.4 is 0 Å². The molecule has 4 rings (SSSR count). The highest BCUT2D eigenvalue weighted by molar-refractivity contribution is 5.76. The van der Waals surface area contributed by atoms with Crippen LogP contribution in [0.25, 0.3) is 0 Å². The van der Waals surface area contributed by atoms with Crippen LogP contribution in [0.5, 0.6) is 0 Å². The van der Waals surface area contributed by atoms with Gasteiger partial charge in [-0.3, -0.25) is 4.79 Å². The third kappa shape index (κ3) is 4.90. The molecule has 2 nitrogen and oxygen atoms in total. The summed E-state index contributed by atoms with van der Waals surface area (Å²) >= 11 is 0. The minimum atomic E-state index is 0.298. The van der Waals surface area contributed by atoms with Gasteiger partial charge in [-0.1, -0.05) is 52.7 Å². The molecule has 196 valence electrons. The van der Waals surface area contributed by atoms with E-state index in [0.29, 0.717) is 34.7 Å². The van der Waals surface area contributed by atoms with Gasteiger partial charge in [0.15, 0.2) is 0 Å². The van der Waals surface area contributed by atoms with Gasteiger partial charge >= 0.3 is 0 Å². The third-order valence-electron chi connectivity index (χ3n) is 11.0. The summed E-state index contributed by atoms with van der Waals surface area (Å²) in [6, 6.07) is 0.596. The zero-order chi connectivity index (χ0) is 25.3. The van der Waals surface area contributed by atoms with Crippen molar-refractivity contribution >= 4 is 5.91 Å². The standard InChI is InChI=1S/C30H51NO.C2H6/c1-20(2)31(21(3)4)28(32)16-11-22(5)25-14-15-26-24-13-12-23-10-8-9-18-29(23,6)27(24)17-19-30(25,26)7;1-2/h12,20-22,24-27H,8-11,13-19H2,1-7H3;1-2H3. The molecule has 3 fully saturated rings. The van der Waals surface area contributed by atoms with Crippen LogP contribution in [0.1, 0.15) is 133 Å². The molecule has 0 aromatic heterocycles. The summed E-state index contributed by atoms with van der Waals surface area (Å²) in [7, 11) is 0. The van der Waals surface area contributed by atoms with Gasteiger partial charge in [-0.25, -0.2) is 0 Å². The molecule has 3 saturated carbocycles. The maximum absolute atomic E-state index is 13.0. The van der Waals surface area contributed by atoms with E-state index in [4.69, 9.17) is 0 Å². The molecule has 4 aliphatic carbocycles. The molecule has 1 amide bonds. The minimum Gasteiger partial charge on any atom is -0.338 e. The number of amides is 1. The van der Waals surface area contributed by atoms with Gasteiger partial charge in [-0.15, -0.1) is 0 Å². The summed E-state index contributed by atoms with van der Waals surface area (Å²) in [4.78, 5) is 15.1. The summed E-state index contributed by atoms with van der Waals surface area (Å²) < 4.78 is 0. The first kappa shape index (κ1) is 27.8. The van der Waals surface area contributed by atoms with Crippen molar-refractivity contribution in [3.05, 3.63) is 11.6 Å². The minimum absolute atomic E-state index is 0.298. The Balaban J connectivity index is 0.00000158. The SMILES string of the molecule is CC.CC(CCC(=O)N(C(C)C)C(C)C)C1CCC2C3CC=C4CCCCC4(C)C3CCC12C. The molecule has 0 spiro atoms. The number of carbonyl (C=O) groups is 1. The molecular weight excluding hydrogens is 414 g/mol. The van der Waals surface area contributed by atoms with Crippen molar-refractivity contribution in [3.8, 4) is 0 Å². The van der Waals surface area contributed by atoms with Crippen molar-refractivity contribution in [1.82, 2.24) is 4.90 Å². The molecule has 7 unspecified atom stereocenters. The number of fused-ring (bicyclic) bond motifs is 5. The normalized spacial score (nSPS) is 37.7. The first-order valence-electron chi connectivity index (χ1n) is 15.1. The molecule has 0 N–H and O–H groups in total. The average molecular weight is 472 g/mol. The molecule has 0 aromatic rings.